The van der Waals surface area contributed by atoms with Gasteiger partial charge >= 0.3 is 5.97 Å². The summed E-state index contributed by atoms with van der Waals surface area (Å²) in [4.78, 5) is 21.1. The highest BCUT2D eigenvalue weighted by molar-refractivity contribution is 7.87. The zero-order chi connectivity index (χ0) is 31.7. The van der Waals surface area contributed by atoms with Crippen molar-refractivity contribution in [1.29, 1.82) is 0 Å². The zero-order valence-electron chi connectivity index (χ0n) is 21.5. The van der Waals surface area contributed by atoms with Crippen LogP contribution in [-0.2, 0) is 30.4 Å². The topological polar surface area (TPSA) is 287 Å². The molecule has 0 unspecified atom stereocenters. The van der Waals surface area contributed by atoms with Gasteiger partial charge in [-0.1, -0.05) is 19.1 Å². The summed E-state index contributed by atoms with van der Waals surface area (Å²) in [7, 11) is -15.3. The van der Waals surface area contributed by atoms with Gasteiger partial charge in [0.25, 0.3) is 30.4 Å². The average Bonchev–Trinajstić information content (AvgIpc) is 2.89. The summed E-state index contributed by atoms with van der Waals surface area (Å²) in [5.74, 6) is -2.07. The minimum absolute atomic E-state index is 0.0757. The summed E-state index contributed by atoms with van der Waals surface area (Å²) in [5, 5.41) is 13.8. The molecule has 18 nitrogen and oxygen atoms in total. The van der Waals surface area contributed by atoms with E-state index in [1.807, 2.05) is 0 Å². The Balaban J connectivity index is 1.97. The maximum atomic E-state index is 12.3. The monoisotopic (exact) mass is 655 g/mol. The first-order valence-corrected chi connectivity index (χ1v) is 15.9. The van der Waals surface area contributed by atoms with Crippen molar-refractivity contribution in [3.8, 4) is 0 Å². The molecular formula is C22H21N7O11S3. The van der Waals surface area contributed by atoms with Crippen LogP contribution in [0, 0.1) is 0 Å². The number of fused-ring (bicyclic) bond motifs is 1. The molecule has 0 aliphatic rings. The van der Waals surface area contributed by atoms with Crippen molar-refractivity contribution in [2.45, 2.75) is 21.6 Å². The number of hydrogen-bond acceptors (Lipinski definition) is 14. The van der Waals surface area contributed by atoms with Gasteiger partial charge in [0.2, 0.25) is 17.8 Å². The van der Waals surface area contributed by atoms with Crippen molar-refractivity contribution in [2.75, 3.05) is 22.6 Å². The van der Waals surface area contributed by atoms with Gasteiger partial charge in [-0.05, 0) is 41.8 Å². The Morgan fingerprint density at radius 3 is 1.81 bits per heavy atom. The number of nitrogens with zero attached hydrogens (tertiary/aromatic N) is 3. The number of rotatable bonds is 11. The molecule has 0 saturated carbocycles. The molecule has 21 heteroatoms. The number of aromatic nitrogens is 3. The highest BCUT2D eigenvalue weighted by Gasteiger charge is 2.25. The first kappa shape index (κ1) is 31.4. The molecule has 0 fully saturated rings. The van der Waals surface area contributed by atoms with E-state index in [4.69, 9.17) is 0 Å². The number of anilines is 5. The summed E-state index contributed by atoms with van der Waals surface area (Å²) in [6.45, 7) is 2.12. The first-order valence-electron chi connectivity index (χ1n) is 11.6. The van der Waals surface area contributed by atoms with E-state index in [1.165, 1.54) is 24.3 Å². The number of hydrogen-bond donors (Lipinski definition) is 8. The van der Waals surface area contributed by atoms with Crippen molar-refractivity contribution in [2.24, 2.45) is 0 Å². The van der Waals surface area contributed by atoms with Crippen LogP contribution >= 0.6 is 0 Å². The Labute approximate surface area is 243 Å². The van der Waals surface area contributed by atoms with Gasteiger partial charge in [-0.3, -0.25) is 19.1 Å². The van der Waals surface area contributed by atoms with Crippen LogP contribution in [-0.4, -0.2) is 71.5 Å². The van der Waals surface area contributed by atoms with Gasteiger partial charge < -0.3 is 15.7 Å². The van der Waals surface area contributed by atoms with E-state index in [2.05, 4.69) is 36.4 Å². The summed E-state index contributed by atoms with van der Waals surface area (Å²) < 4.78 is 101. The third-order valence-corrected chi connectivity index (χ3v) is 8.04. The molecule has 4 aromatic rings. The van der Waals surface area contributed by atoms with E-state index in [1.54, 1.807) is 6.92 Å². The standard InChI is InChI=1S/C22H21N7O11S3/c1-2-23-29-22-27-20(24-15-6-4-3-5-14(15)19(30)31)26-21(28-22)25-16-9-12(41(32,33)34)7-11-8-13(42(35,36)37)10-17(18(11)16)43(38,39)40/h3-10,23H,2H2,1H3,(H,30,31)(H,32,33,34)(H,35,36,37)(H,38,39,40)(H3,24,25,26,27,28,29). The summed E-state index contributed by atoms with van der Waals surface area (Å²) in [6, 6.07) is 8.37. The molecule has 0 saturated heterocycles. The Bertz CT molecular complexity index is 2080. The molecule has 228 valence electrons. The van der Waals surface area contributed by atoms with Gasteiger partial charge in [-0.2, -0.15) is 40.2 Å². The van der Waals surface area contributed by atoms with Crippen molar-refractivity contribution < 1.29 is 48.8 Å². The maximum absolute atomic E-state index is 12.3. The lowest BCUT2D eigenvalue weighted by atomic mass is 10.1. The fourth-order valence-electron chi connectivity index (χ4n) is 3.75. The average molecular weight is 656 g/mol. The highest BCUT2D eigenvalue weighted by Crippen LogP contribution is 2.36. The van der Waals surface area contributed by atoms with E-state index >= 15 is 0 Å². The van der Waals surface area contributed by atoms with Gasteiger partial charge in [0, 0.05) is 11.9 Å². The van der Waals surface area contributed by atoms with Crippen LogP contribution in [0.5, 0.6) is 0 Å². The van der Waals surface area contributed by atoms with Crippen LogP contribution in [0.2, 0.25) is 0 Å². The molecule has 1 heterocycles. The van der Waals surface area contributed by atoms with Crippen molar-refractivity contribution in [3.05, 3.63) is 54.1 Å². The third kappa shape index (κ3) is 7.29. The molecule has 0 aliphatic heterocycles. The minimum Gasteiger partial charge on any atom is -0.478 e. The fraction of sp³-hybridized carbons (Fsp3) is 0.0909. The Morgan fingerprint density at radius 2 is 1.28 bits per heavy atom. The summed E-state index contributed by atoms with van der Waals surface area (Å²) in [6.07, 6.45) is 0. The smallest absolute Gasteiger partial charge is 0.337 e. The van der Waals surface area contributed by atoms with E-state index in [0.29, 0.717) is 24.7 Å². The number of nitrogens with one attached hydrogen (secondary N) is 4. The van der Waals surface area contributed by atoms with Crippen molar-refractivity contribution in [1.82, 2.24) is 20.4 Å². The predicted molar refractivity (Wildman–Crippen MR) is 150 cm³/mol. The molecule has 43 heavy (non-hydrogen) atoms. The van der Waals surface area contributed by atoms with E-state index in [9.17, 15) is 48.8 Å². The molecule has 0 amide bonds. The second-order valence-corrected chi connectivity index (χ2v) is 12.7. The first-order chi connectivity index (χ1) is 20.0. The molecule has 0 atom stereocenters. The number of aromatic carboxylic acids is 1. The predicted octanol–water partition coefficient (Wildman–Crippen LogP) is 1.89. The van der Waals surface area contributed by atoms with Crippen LogP contribution in [0.3, 0.4) is 0 Å². The molecule has 3 aromatic carbocycles. The Kier molecular flexibility index (Phi) is 8.51. The molecular weight excluding hydrogens is 634 g/mol. The second-order valence-electron chi connectivity index (χ2n) is 8.48. The van der Waals surface area contributed by atoms with Gasteiger partial charge in [0.15, 0.2) is 0 Å². The molecule has 0 bridgehead atoms. The minimum atomic E-state index is -5.23. The second kappa shape index (κ2) is 11.6. The van der Waals surface area contributed by atoms with Crippen LogP contribution in [0.25, 0.3) is 10.8 Å². The highest BCUT2D eigenvalue weighted by atomic mass is 32.2. The Morgan fingerprint density at radius 1 is 0.744 bits per heavy atom. The normalized spacial score (nSPS) is 12.2. The van der Waals surface area contributed by atoms with Crippen molar-refractivity contribution in [3.63, 3.8) is 0 Å². The van der Waals surface area contributed by atoms with E-state index < -0.39 is 73.4 Å². The molecule has 0 radical (unpaired) electrons. The van der Waals surface area contributed by atoms with Crippen molar-refractivity contribution >= 4 is 76.3 Å². The maximum Gasteiger partial charge on any atom is 0.337 e. The lowest BCUT2D eigenvalue weighted by Gasteiger charge is -2.16. The van der Waals surface area contributed by atoms with E-state index in [-0.39, 0.29) is 23.1 Å². The lowest BCUT2D eigenvalue weighted by molar-refractivity contribution is 0.0698. The van der Waals surface area contributed by atoms with Gasteiger partial charge in [0.05, 0.1) is 26.7 Å². The number of carboxylic acids is 1. The largest absolute Gasteiger partial charge is 0.478 e. The summed E-state index contributed by atoms with van der Waals surface area (Å²) in [5.41, 5.74) is 4.84. The van der Waals surface area contributed by atoms with Crippen LogP contribution in [0.15, 0.2) is 63.2 Å². The van der Waals surface area contributed by atoms with Crippen LogP contribution < -0.4 is 21.5 Å². The quantitative estimate of drug-likeness (QED) is 0.0845. The van der Waals surface area contributed by atoms with Gasteiger partial charge in [0.1, 0.15) is 4.90 Å². The molecule has 8 N–H and O–H groups in total. The number of hydrazine groups is 1. The van der Waals surface area contributed by atoms with Gasteiger partial charge in [-0.25, -0.2) is 10.2 Å². The number of carbonyl (C=O) groups is 1. The van der Waals surface area contributed by atoms with E-state index in [0.717, 1.165) is 6.07 Å². The lowest BCUT2D eigenvalue weighted by Crippen LogP contribution is -2.23. The molecule has 0 spiro atoms. The van der Waals surface area contributed by atoms with Crippen LogP contribution in [0.4, 0.5) is 29.2 Å². The number of carboxylic acid groups (broad SMARTS) is 1. The number of para-hydroxylation sites is 1. The SMILES string of the molecule is CCNNc1nc(Nc2ccccc2C(=O)O)nc(Nc2cc(S(=O)(=O)O)cc3cc(S(=O)(=O)O)cc(S(=O)(=O)O)c23)n1. The Hall–Kier alpha value is -4.51. The molecule has 0 aliphatic carbocycles. The summed E-state index contributed by atoms with van der Waals surface area (Å²) >= 11 is 0. The zero-order valence-corrected chi connectivity index (χ0v) is 24.0. The fourth-order valence-corrected chi connectivity index (χ4v) is 5.67. The van der Waals surface area contributed by atoms with Gasteiger partial charge in [-0.15, -0.1) is 0 Å². The number of benzene rings is 3. The third-order valence-electron chi connectivity index (χ3n) is 5.50. The van der Waals surface area contributed by atoms with Crippen LogP contribution in [0.1, 0.15) is 17.3 Å². The molecule has 4 rings (SSSR count). The molecule has 1 aromatic heterocycles.